The standard InChI is InChI=1S/C19H27N5O2/c25-17(16-21-20-15-4-1-2-10-24(15)16)23-11-8-19(13-23)7-3-9-22(18(19)26)12-14-5-6-14/h14H,1-13H2. The SMILES string of the molecule is O=C(c1nnc2n1CCCC2)N1CCC2(CCCN(CC3CC3)C2=O)C1. The van der Waals surface area contributed by atoms with Crippen LogP contribution in [0.25, 0.3) is 0 Å². The molecule has 1 unspecified atom stereocenters. The second-order valence-corrected chi connectivity index (χ2v) is 8.60. The normalized spacial score (nSPS) is 28.7. The number of nitrogens with zero attached hydrogens (tertiary/aromatic N) is 5. The number of piperidine rings is 1. The lowest BCUT2D eigenvalue weighted by Crippen LogP contribution is -2.51. The Morgan fingerprint density at radius 3 is 2.81 bits per heavy atom. The zero-order valence-corrected chi connectivity index (χ0v) is 15.3. The number of likely N-dealkylation sites (tertiary alicyclic amines) is 2. The van der Waals surface area contributed by atoms with E-state index in [0.29, 0.717) is 18.9 Å². The third kappa shape index (κ3) is 2.63. The summed E-state index contributed by atoms with van der Waals surface area (Å²) in [6.45, 7) is 3.85. The second kappa shape index (κ2) is 6.06. The van der Waals surface area contributed by atoms with E-state index in [1.165, 1.54) is 12.8 Å². The third-order valence-corrected chi connectivity index (χ3v) is 6.69. The summed E-state index contributed by atoms with van der Waals surface area (Å²) in [5.41, 5.74) is -0.354. The Morgan fingerprint density at radius 2 is 1.96 bits per heavy atom. The first kappa shape index (κ1) is 16.3. The summed E-state index contributed by atoms with van der Waals surface area (Å²) >= 11 is 0. The van der Waals surface area contributed by atoms with Crippen LogP contribution in [0.2, 0.25) is 0 Å². The molecule has 140 valence electrons. The molecule has 4 aliphatic rings. The molecule has 1 aromatic rings. The van der Waals surface area contributed by atoms with Gasteiger partial charge in [0.05, 0.1) is 5.41 Å². The molecule has 4 heterocycles. The fraction of sp³-hybridized carbons (Fsp3) is 0.789. The molecule has 2 amide bonds. The Bertz CT molecular complexity index is 740. The van der Waals surface area contributed by atoms with Crippen molar-refractivity contribution in [3.63, 3.8) is 0 Å². The van der Waals surface area contributed by atoms with Crippen molar-refractivity contribution in [1.29, 1.82) is 0 Å². The molecule has 0 aromatic carbocycles. The van der Waals surface area contributed by atoms with Crippen LogP contribution in [0.1, 0.15) is 61.4 Å². The number of carbonyl (C=O) groups excluding carboxylic acids is 2. The molecule has 0 bridgehead atoms. The largest absolute Gasteiger partial charge is 0.342 e. The van der Waals surface area contributed by atoms with Crippen molar-refractivity contribution in [3.05, 3.63) is 11.6 Å². The molecule has 0 radical (unpaired) electrons. The molecule has 0 N–H and O–H groups in total. The van der Waals surface area contributed by atoms with Crippen LogP contribution in [0, 0.1) is 11.3 Å². The highest BCUT2D eigenvalue weighted by Crippen LogP contribution is 2.42. The second-order valence-electron chi connectivity index (χ2n) is 8.60. The lowest BCUT2D eigenvalue weighted by atomic mass is 9.78. The highest BCUT2D eigenvalue weighted by atomic mass is 16.2. The topological polar surface area (TPSA) is 71.3 Å². The molecule has 3 fully saturated rings. The Hall–Kier alpha value is -1.92. The van der Waals surface area contributed by atoms with E-state index in [1.807, 2.05) is 9.47 Å². The van der Waals surface area contributed by atoms with Crippen molar-refractivity contribution in [1.82, 2.24) is 24.6 Å². The van der Waals surface area contributed by atoms with Gasteiger partial charge in [0.25, 0.3) is 5.91 Å². The van der Waals surface area contributed by atoms with E-state index in [9.17, 15) is 9.59 Å². The van der Waals surface area contributed by atoms with Crippen LogP contribution in [0.4, 0.5) is 0 Å². The summed E-state index contributed by atoms with van der Waals surface area (Å²) in [5.74, 6) is 2.35. The maximum atomic E-state index is 13.2. The minimum absolute atomic E-state index is 0.0466. The zero-order chi connectivity index (χ0) is 17.7. The predicted molar refractivity (Wildman–Crippen MR) is 94.5 cm³/mol. The maximum absolute atomic E-state index is 13.2. The number of carbonyl (C=O) groups is 2. The van der Waals surface area contributed by atoms with Gasteiger partial charge in [-0.25, -0.2) is 0 Å². The maximum Gasteiger partial charge on any atom is 0.291 e. The Labute approximate surface area is 153 Å². The van der Waals surface area contributed by atoms with Gasteiger partial charge in [-0.15, -0.1) is 10.2 Å². The fourth-order valence-electron chi connectivity index (χ4n) is 4.97. The van der Waals surface area contributed by atoms with Crippen LogP contribution in [0.5, 0.6) is 0 Å². The van der Waals surface area contributed by atoms with E-state index in [-0.39, 0.29) is 17.2 Å². The predicted octanol–water partition coefficient (Wildman–Crippen LogP) is 1.48. The van der Waals surface area contributed by atoms with Gasteiger partial charge in [-0.05, 0) is 50.9 Å². The smallest absolute Gasteiger partial charge is 0.291 e. The van der Waals surface area contributed by atoms with Crippen molar-refractivity contribution in [2.45, 2.75) is 57.9 Å². The summed E-state index contributed by atoms with van der Waals surface area (Å²) in [4.78, 5) is 30.1. The molecule has 1 saturated carbocycles. The number of amides is 2. The van der Waals surface area contributed by atoms with Crippen molar-refractivity contribution >= 4 is 11.8 Å². The molecule has 1 aromatic heterocycles. The van der Waals surface area contributed by atoms with Gasteiger partial charge in [0, 0.05) is 39.1 Å². The first-order valence-corrected chi connectivity index (χ1v) is 10.2. The van der Waals surface area contributed by atoms with Crippen LogP contribution < -0.4 is 0 Å². The Morgan fingerprint density at radius 1 is 1.08 bits per heavy atom. The highest BCUT2D eigenvalue weighted by Gasteiger charge is 2.50. The Kier molecular flexibility index (Phi) is 3.79. The van der Waals surface area contributed by atoms with Crippen LogP contribution in [-0.2, 0) is 17.8 Å². The highest BCUT2D eigenvalue weighted by molar-refractivity contribution is 5.92. The van der Waals surface area contributed by atoms with E-state index >= 15 is 0 Å². The molecule has 1 atom stereocenters. The van der Waals surface area contributed by atoms with E-state index in [0.717, 1.165) is 69.9 Å². The minimum Gasteiger partial charge on any atom is -0.342 e. The summed E-state index contributed by atoms with van der Waals surface area (Å²) in [7, 11) is 0. The van der Waals surface area contributed by atoms with Gasteiger partial charge < -0.3 is 14.4 Å². The average molecular weight is 357 g/mol. The lowest BCUT2D eigenvalue weighted by molar-refractivity contribution is -0.145. The number of fused-ring (bicyclic) bond motifs is 1. The van der Waals surface area contributed by atoms with Gasteiger partial charge in [-0.2, -0.15) is 0 Å². The first-order valence-electron chi connectivity index (χ1n) is 10.2. The Balaban J connectivity index is 1.32. The molecule has 3 aliphatic heterocycles. The van der Waals surface area contributed by atoms with Gasteiger partial charge >= 0.3 is 0 Å². The molecule has 5 rings (SSSR count). The molecule has 7 heteroatoms. The van der Waals surface area contributed by atoms with Gasteiger partial charge in [-0.3, -0.25) is 9.59 Å². The van der Waals surface area contributed by atoms with E-state index in [1.54, 1.807) is 0 Å². The number of rotatable bonds is 3. The summed E-state index contributed by atoms with van der Waals surface area (Å²) in [6, 6.07) is 0. The van der Waals surface area contributed by atoms with E-state index < -0.39 is 0 Å². The van der Waals surface area contributed by atoms with Gasteiger partial charge in [-0.1, -0.05) is 0 Å². The van der Waals surface area contributed by atoms with E-state index in [2.05, 4.69) is 15.1 Å². The van der Waals surface area contributed by atoms with Crippen molar-refractivity contribution < 1.29 is 9.59 Å². The molecule has 1 spiro atoms. The van der Waals surface area contributed by atoms with Crippen LogP contribution >= 0.6 is 0 Å². The van der Waals surface area contributed by atoms with E-state index in [4.69, 9.17) is 0 Å². The molecule has 1 aliphatic carbocycles. The fourth-order valence-corrected chi connectivity index (χ4v) is 4.97. The average Bonchev–Trinajstić information content (AvgIpc) is 3.21. The summed E-state index contributed by atoms with van der Waals surface area (Å²) in [6.07, 6.45) is 8.38. The molecular formula is C19H27N5O2. The van der Waals surface area contributed by atoms with Crippen molar-refractivity contribution in [3.8, 4) is 0 Å². The van der Waals surface area contributed by atoms with Crippen LogP contribution in [-0.4, -0.2) is 62.6 Å². The summed E-state index contributed by atoms with van der Waals surface area (Å²) in [5, 5.41) is 8.39. The van der Waals surface area contributed by atoms with Gasteiger partial charge in [0.1, 0.15) is 5.82 Å². The number of hydrogen-bond donors (Lipinski definition) is 0. The minimum atomic E-state index is -0.354. The quantitative estimate of drug-likeness (QED) is 0.821. The molecule has 26 heavy (non-hydrogen) atoms. The monoisotopic (exact) mass is 357 g/mol. The van der Waals surface area contributed by atoms with Crippen LogP contribution in [0.3, 0.4) is 0 Å². The van der Waals surface area contributed by atoms with Crippen molar-refractivity contribution in [2.75, 3.05) is 26.2 Å². The van der Waals surface area contributed by atoms with Crippen molar-refractivity contribution in [2.24, 2.45) is 11.3 Å². The van der Waals surface area contributed by atoms with Crippen LogP contribution in [0.15, 0.2) is 0 Å². The molecular weight excluding hydrogens is 330 g/mol. The third-order valence-electron chi connectivity index (χ3n) is 6.69. The first-order chi connectivity index (χ1) is 12.7. The zero-order valence-electron chi connectivity index (χ0n) is 15.3. The number of hydrogen-bond acceptors (Lipinski definition) is 4. The molecule has 2 saturated heterocycles. The van der Waals surface area contributed by atoms with Gasteiger partial charge in [0.2, 0.25) is 11.7 Å². The number of aryl methyl sites for hydroxylation is 1. The lowest BCUT2D eigenvalue weighted by Gasteiger charge is -2.39. The summed E-state index contributed by atoms with van der Waals surface area (Å²) < 4.78 is 1.99. The molecule has 7 nitrogen and oxygen atoms in total. The van der Waals surface area contributed by atoms with Gasteiger partial charge in [0.15, 0.2) is 0 Å². The number of aromatic nitrogens is 3.